The van der Waals surface area contributed by atoms with E-state index in [2.05, 4.69) is 58.5 Å². The van der Waals surface area contributed by atoms with Crippen molar-refractivity contribution in [2.45, 2.75) is 32.4 Å². The van der Waals surface area contributed by atoms with Gasteiger partial charge in [-0.25, -0.2) is 0 Å². The molecule has 0 spiro atoms. The van der Waals surface area contributed by atoms with Crippen molar-refractivity contribution in [3.05, 3.63) is 42.5 Å². The standard InChI is InChI=1S/C19H21N3O.ClH/c1-2-22-17-8-4-3-6-14(17)15-12-13(9-10-18(15)22)21-19(23)16-7-5-11-20-16;/h3-4,6,8-10,12,16,20H,2,5,7,11H2,1H3,(H,21,23);1H. The molecule has 126 valence electrons. The monoisotopic (exact) mass is 343 g/mol. The van der Waals surface area contributed by atoms with Crippen LogP contribution in [-0.2, 0) is 11.3 Å². The number of amides is 1. The van der Waals surface area contributed by atoms with Crippen LogP contribution in [0.25, 0.3) is 21.8 Å². The predicted molar refractivity (Wildman–Crippen MR) is 102 cm³/mol. The second-order valence-electron chi connectivity index (χ2n) is 6.13. The number of halogens is 1. The molecule has 2 aromatic carbocycles. The molecule has 1 unspecified atom stereocenters. The third-order valence-corrected chi connectivity index (χ3v) is 4.73. The average molecular weight is 344 g/mol. The number of nitrogens with one attached hydrogen (secondary N) is 2. The van der Waals surface area contributed by atoms with Crippen molar-refractivity contribution in [1.82, 2.24) is 9.88 Å². The number of carbonyl (C=O) groups excluding carboxylic acids is 1. The Labute approximate surface area is 147 Å². The fourth-order valence-electron chi connectivity index (χ4n) is 3.61. The van der Waals surface area contributed by atoms with Gasteiger partial charge in [0.05, 0.1) is 6.04 Å². The molecule has 1 aromatic heterocycles. The van der Waals surface area contributed by atoms with E-state index in [1.54, 1.807) is 0 Å². The van der Waals surface area contributed by atoms with Crippen LogP contribution in [0.15, 0.2) is 42.5 Å². The van der Waals surface area contributed by atoms with Crippen LogP contribution in [0.5, 0.6) is 0 Å². The lowest BCUT2D eigenvalue weighted by Crippen LogP contribution is -2.35. The Morgan fingerprint density at radius 2 is 2.00 bits per heavy atom. The van der Waals surface area contributed by atoms with Gasteiger partial charge in [-0.3, -0.25) is 4.79 Å². The molecule has 1 fully saturated rings. The molecule has 4 rings (SSSR count). The van der Waals surface area contributed by atoms with E-state index in [1.165, 1.54) is 21.8 Å². The molecule has 0 radical (unpaired) electrons. The summed E-state index contributed by atoms with van der Waals surface area (Å²) in [5, 5.41) is 8.73. The maximum Gasteiger partial charge on any atom is 0.241 e. The van der Waals surface area contributed by atoms with Crippen LogP contribution in [0.1, 0.15) is 19.8 Å². The van der Waals surface area contributed by atoms with E-state index in [9.17, 15) is 4.79 Å². The van der Waals surface area contributed by atoms with E-state index in [-0.39, 0.29) is 24.4 Å². The lowest BCUT2D eigenvalue weighted by Gasteiger charge is -2.11. The van der Waals surface area contributed by atoms with E-state index in [0.717, 1.165) is 31.6 Å². The van der Waals surface area contributed by atoms with Crippen molar-refractivity contribution < 1.29 is 4.79 Å². The summed E-state index contributed by atoms with van der Waals surface area (Å²) in [6.45, 7) is 4.02. The van der Waals surface area contributed by atoms with Gasteiger partial charge < -0.3 is 15.2 Å². The summed E-state index contributed by atoms with van der Waals surface area (Å²) >= 11 is 0. The molecule has 1 aliphatic heterocycles. The second-order valence-corrected chi connectivity index (χ2v) is 6.13. The van der Waals surface area contributed by atoms with Crippen molar-refractivity contribution in [2.75, 3.05) is 11.9 Å². The van der Waals surface area contributed by atoms with Gasteiger partial charge in [0.1, 0.15) is 0 Å². The summed E-state index contributed by atoms with van der Waals surface area (Å²) < 4.78 is 2.31. The van der Waals surface area contributed by atoms with Crippen molar-refractivity contribution in [3.63, 3.8) is 0 Å². The Hall–Kier alpha value is -2.04. The molecule has 2 N–H and O–H groups in total. The third-order valence-electron chi connectivity index (χ3n) is 4.73. The maximum atomic E-state index is 12.3. The van der Waals surface area contributed by atoms with Crippen LogP contribution in [0.4, 0.5) is 5.69 Å². The van der Waals surface area contributed by atoms with Crippen LogP contribution in [-0.4, -0.2) is 23.1 Å². The van der Waals surface area contributed by atoms with Gasteiger partial charge in [-0.2, -0.15) is 0 Å². The molecule has 0 bridgehead atoms. The minimum Gasteiger partial charge on any atom is -0.341 e. The molecule has 5 heteroatoms. The van der Waals surface area contributed by atoms with Gasteiger partial charge in [-0.1, -0.05) is 18.2 Å². The van der Waals surface area contributed by atoms with E-state index in [4.69, 9.17) is 0 Å². The molecule has 3 aromatic rings. The zero-order valence-electron chi connectivity index (χ0n) is 13.7. The Bertz CT molecular complexity index is 881. The highest BCUT2D eigenvalue weighted by Crippen LogP contribution is 2.31. The number of para-hydroxylation sites is 1. The first-order chi connectivity index (χ1) is 11.3. The summed E-state index contributed by atoms with van der Waals surface area (Å²) in [6.07, 6.45) is 1.99. The smallest absolute Gasteiger partial charge is 0.241 e. The van der Waals surface area contributed by atoms with Crippen molar-refractivity contribution in [2.24, 2.45) is 0 Å². The zero-order chi connectivity index (χ0) is 15.8. The number of carbonyl (C=O) groups is 1. The first-order valence-corrected chi connectivity index (χ1v) is 8.33. The van der Waals surface area contributed by atoms with Crippen molar-refractivity contribution in [1.29, 1.82) is 0 Å². The molecule has 0 saturated carbocycles. The van der Waals surface area contributed by atoms with E-state index in [0.29, 0.717) is 0 Å². The van der Waals surface area contributed by atoms with Gasteiger partial charge in [0.25, 0.3) is 0 Å². The Balaban J connectivity index is 0.00000169. The third kappa shape index (κ3) is 2.76. The van der Waals surface area contributed by atoms with Crippen LogP contribution < -0.4 is 10.6 Å². The Morgan fingerprint density at radius 3 is 2.75 bits per heavy atom. The second kappa shape index (κ2) is 6.83. The zero-order valence-corrected chi connectivity index (χ0v) is 14.5. The topological polar surface area (TPSA) is 46.1 Å². The quantitative estimate of drug-likeness (QED) is 0.757. The SMILES string of the molecule is CCn1c2ccccc2c2cc(NC(=O)C3CCCN3)ccc21.Cl. The highest BCUT2D eigenvalue weighted by atomic mass is 35.5. The largest absolute Gasteiger partial charge is 0.341 e. The van der Waals surface area contributed by atoms with E-state index < -0.39 is 0 Å². The minimum atomic E-state index is -0.0531. The van der Waals surface area contributed by atoms with Crippen LogP contribution in [0.2, 0.25) is 0 Å². The van der Waals surface area contributed by atoms with Gasteiger partial charge in [0.2, 0.25) is 5.91 Å². The fraction of sp³-hybridized carbons (Fsp3) is 0.316. The number of fused-ring (bicyclic) bond motifs is 3. The lowest BCUT2D eigenvalue weighted by atomic mass is 10.1. The summed E-state index contributed by atoms with van der Waals surface area (Å²) in [5.74, 6) is 0.0704. The van der Waals surface area contributed by atoms with Crippen LogP contribution in [0, 0.1) is 0 Å². The molecule has 0 aliphatic carbocycles. The molecule has 1 saturated heterocycles. The van der Waals surface area contributed by atoms with Crippen LogP contribution in [0.3, 0.4) is 0 Å². The summed E-state index contributed by atoms with van der Waals surface area (Å²) in [5.41, 5.74) is 3.33. The predicted octanol–water partition coefficient (Wildman–Crippen LogP) is 3.93. The van der Waals surface area contributed by atoms with Gasteiger partial charge in [0, 0.05) is 34.0 Å². The fourth-order valence-corrected chi connectivity index (χ4v) is 3.61. The number of rotatable bonds is 3. The number of anilines is 1. The molecular weight excluding hydrogens is 322 g/mol. The Kier molecular flexibility index (Phi) is 4.78. The molecule has 1 aliphatic rings. The van der Waals surface area contributed by atoms with E-state index >= 15 is 0 Å². The normalized spacial score (nSPS) is 17.1. The lowest BCUT2D eigenvalue weighted by molar-refractivity contribution is -0.117. The number of aromatic nitrogens is 1. The number of nitrogens with zero attached hydrogens (tertiary/aromatic N) is 1. The van der Waals surface area contributed by atoms with Gasteiger partial charge in [-0.15, -0.1) is 12.4 Å². The highest BCUT2D eigenvalue weighted by Gasteiger charge is 2.22. The summed E-state index contributed by atoms with van der Waals surface area (Å²) in [6, 6.07) is 14.6. The molecular formula is C19H22ClN3O. The molecule has 1 atom stereocenters. The molecule has 24 heavy (non-hydrogen) atoms. The summed E-state index contributed by atoms with van der Waals surface area (Å²) in [7, 11) is 0. The van der Waals surface area contributed by atoms with Gasteiger partial charge in [-0.05, 0) is 50.6 Å². The minimum absolute atomic E-state index is 0. The molecule has 4 nitrogen and oxygen atoms in total. The Morgan fingerprint density at radius 1 is 1.21 bits per heavy atom. The first-order valence-electron chi connectivity index (χ1n) is 8.33. The maximum absolute atomic E-state index is 12.3. The number of hydrogen-bond acceptors (Lipinski definition) is 2. The molecule has 1 amide bonds. The molecule has 2 heterocycles. The highest BCUT2D eigenvalue weighted by molar-refractivity contribution is 6.10. The van der Waals surface area contributed by atoms with Crippen molar-refractivity contribution >= 4 is 45.8 Å². The first kappa shape index (κ1) is 16.8. The summed E-state index contributed by atoms with van der Waals surface area (Å²) in [4.78, 5) is 12.3. The van der Waals surface area contributed by atoms with E-state index in [1.807, 2.05) is 6.07 Å². The van der Waals surface area contributed by atoms with Gasteiger partial charge >= 0.3 is 0 Å². The van der Waals surface area contributed by atoms with Crippen molar-refractivity contribution in [3.8, 4) is 0 Å². The number of hydrogen-bond donors (Lipinski definition) is 2. The average Bonchev–Trinajstić information content (AvgIpc) is 3.21. The number of benzene rings is 2. The van der Waals surface area contributed by atoms with Crippen LogP contribution >= 0.6 is 12.4 Å². The number of aryl methyl sites for hydroxylation is 1. The van der Waals surface area contributed by atoms with Gasteiger partial charge in [0.15, 0.2) is 0 Å².